The zero-order chi connectivity index (χ0) is 14.3. The molecule has 0 atom stereocenters. The molecule has 1 aromatic carbocycles. The van der Waals surface area contributed by atoms with Crippen LogP contribution in [0.1, 0.15) is 5.56 Å². The molecule has 0 aliphatic carbocycles. The summed E-state index contributed by atoms with van der Waals surface area (Å²) in [4.78, 5) is 11.4. The monoisotopic (exact) mass is 279 g/mol. The van der Waals surface area contributed by atoms with Gasteiger partial charge in [0, 0.05) is 6.54 Å². The number of nitrogens with one attached hydrogen (secondary N) is 1. The third-order valence-electron chi connectivity index (χ3n) is 2.14. The van der Waals surface area contributed by atoms with Crippen LogP contribution in [0.4, 0.5) is 17.6 Å². The van der Waals surface area contributed by atoms with Gasteiger partial charge in [0.15, 0.2) is 0 Å². The zero-order valence-electron chi connectivity index (χ0n) is 9.97. The Morgan fingerprint density at radius 3 is 2.58 bits per heavy atom. The van der Waals surface area contributed by atoms with Gasteiger partial charge in [-0.3, -0.25) is 4.79 Å². The van der Waals surface area contributed by atoms with Gasteiger partial charge in [-0.1, -0.05) is 18.2 Å². The van der Waals surface area contributed by atoms with Crippen molar-refractivity contribution in [2.75, 3.05) is 19.8 Å². The lowest BCUT2D eigenvalue weighted by atomic mass is 10.1. The molecule has 106 valence electrons. The SMILES string of the molecule is O=C(Cc1ccccc1F)NCCOCC(F)(F)F. The fourth-order valence-electron chi connectivity index (χ4n) is 1.33. The predicted octanol–water partition coefficient (Wildman–Crippen LogP) is 2.06. The van der Waals surface area contributed by atoms with Gasteiger partial charge in [-0.05, 0) is 11.6 Å². The third-order valence-corrected chi connectivity index (χ3v) is 2.14. The van der Waals surface area contributed by atoms with Gasteiger partial charge in [0.25, 0.3) is 0 Å². The van der Waals surface area contributed by atoms with Crippen molar-refractivity contribution in [3.63, 3.8) is 0 Å². The van der Waals surface area contributed by atoms with E-state index >= 15 is 0 Å². The van der Waals surface area contributed by atoms with E-state index in [9.17, 15) is 22.4 Å². The average Bonchev–Trinajstić information content (AvgIpc) is 2.30. The number of benzene rings is 1. The molecule has 1 rings (SSSR count). The van der Waals surface area contributed by atoms with Crippen LogP contribution in [-0.2, 0) is 16.0 Å². The van der Waals surface area contributed by atoms with E-state index in [0.29, 0.717) is 0 Å². The molecule has 1 aromatic rings. The van der Waals surface area contributed by atoms with E-state index in [1.807, 2.05) is 0 Å². The second kappa shape index (κ2) is 7.08. The zero-order valence-corrected chi connectivity index (χ0v) is 9.97. The number of amides is 1. The Bertz CT molecular complexity index is 420. The van der Waals surface area contributed by atoms with Crippen molar-refractivity contribution in [1.82, 2.24) is 5.32 Å². The minimum absolute atomic E-state index is 0.0522. The fraction of sp³-hybridized carbons (Fsp3) is 0.417. The van der Waals surface area contributed by atoms with Crippen molar-refractivity contribution < 1.29 is 27.1 Å². The molecule has 0 radical (unpaired) electrons. The summed E-state index contributed by atoms with van der Waals surface area (Å²) in [6.45, 7) is -1.65. The van der Waals surface area contributed by atoms with Crippen LogP contribution in [0.5, 0.6) is 0 Å². The van der Waals surface area contributed by atoms with Gasteiger partial charge in [0.05, 0.1) is 13.0 Å². The van der Waals surface area contributed by atoms with Gasteiger partial charge >= 0.3 is 6.18 Å². The van der Waals surface area contributed by atoms with Crippen molar-refractivity contribution in [2.45, 2.75) is 12.6 Å². The number of hydrogen-bond donors (Lipinski definition) is 1. The predicted molar refractivity (Wildman–Crippen MR) is 60.0 cm³/mol. The molecule has 7 heteroatoms. The van der Waals surface area contributed by atoms with E-state index in [0.717, 1.165) is 0 Å². The lowest BCUT2D eigenvalue weighted by molar-refractivity contribution is -0.173. The van der Waals surface area contributed by atoms with Gasteiger partial charge in [-0.2, -0.15) is 13.2 Å². The maximum absolute atomic E-state index is 13.2. The minimum Gasteiger partial charge on any atom is -0.370 e. The van der Waals surface area contributed by atoms with Gasteiger partial charge in [0.2, 0.25) is 5.91 Å². The molecule has 0 aliphatic heterocycles. The number of rotatable bonds is 6. The first-order valence-corrected chi connectivity index (χ1v) is 5.53. The summed E-state index contributed by atoms with van der Waals surface area (Å²) in [5.74, 6) is -0.966. The van der Waals surface area contributed by atoms with E-state index in [2.05, 4.69) is 10.1 Å². The first-order chi connectivity index (χ1) is 8.88. The van der Waals surface area contributed by atoms with E-state index in [-0.39, 0.29) is 25.1 Å². The van der Waals surface area contributed by atoms with E-state index in [1.165, 1.54) is 18.2 Å². The summed E-state index contributed by atoms with van der Waals surface area (Å²) >= 11 is 0. The van der Waals surface area contributed by atoms with Crippen LogP contribution in [-0.4, -0.2) is 31.8 Å². The fourth-order valence-corrected chi connectivity index (χ4v) is 1.33. The topological polar surface area (TPSA) is 38.3 Å². The molecule has 0 aromatic heterocycles. The lowest BCUT2D eigenvalue weighted by Crippen LogP contribution is -2.30. The van der Waals surface area contributed by atoms with Crippen LogP contribution in [0.2, 0.25) is 0 Å². The van der Waals surface area contributed by atoms with Crippen LogP contribution in [0.25, 0.3) is 0 Å². The molecule has 0 saturated heterocycles. The summed E-state index contributed by atoms with van der Waals surface area (Å²) < 4.78 is 52.7. The summed E-state index contributed by atoms with van der Waals surface area (Å²) in [6.07, 6.45) is -4.54. The van der Waals surface area contributed by atoms with E-state index < -0.39 is 24.5 Å². The largest absolute Gasteiger partial charge is 0.411 e. The quantitative estimate of drug-likeness (QED) is 0.639. The van der Waals surface area contributed by atoms with Crippen molar-refractivity contribution in [3.05, 3.63) is 35.6 Å². The van der Waals surface area contributed by atoms with Crippen LogP contribution >= 0.6 is 0 Å². The van der Waals surface area contributed by atoms with Crippen molar-refractivity contribution >= 4 is 5.91 Å². The van der Waals surface area contributed by atoms with Crippen LogP contribution < -0.4 is 5.32 Å². The molecule has 0 bridgehead atoms. The van der Waals surface area contributed by atoms with E-state index in [4.69, 9.17) is 0 Å². The number of hydrogen-bond acceptors (Lipinski definition) is 2. The Morgan fingerprint density at radius 2 is 1.95 bits per heavy atom. The van der Waals surface area contributed by atoms with Crippen LogP contribution in [0.3, 0.4) is 0 Å². The molecule has 0 heterocycles. The number of halogens is 4. The molecule has 0 saturated carbocycles. The number of carbonyl (C=O) groups is 1. The highest BCUT2D eigenvalue weighted by atomic mass is 19.4. The van der Waals surface area contributed by atoms with Crippen LogP contribution in [0, 0.1) is 5.82 Å². The highest BCUT2D eigenvalue weighted by molar-refractivity contribution is 5.78. The number of carbonyl (C=O) groups excluding carboxylic acids is 1. The van der Waals surface area contributed by atoms with Crippen molar-refractivity contribution in [1.29, 1.82) is 0 Å². The number of alkyl halides is 3. The molecule has 0 aliphatic rings. The molecule has 0 unspecified atom stereocenters. The highest BCUT2D eigenvalue weighted by Crippen LogP contribution is 2.13. The Kier molecular flexibility index (Phi) is 5.75. The molecular formula is C12H13F4NO2. The van der Waals surface area contributed by atoms with Crippen molar-refractivity contribution in [3.8, 4) is 0 Å². The molecule has 1 N–H and O–H groups in total. The van der Waals surface area contributed by atoms with Gasteiger partial charge in [0.1, 0.15) is 12.4 Å². The first kappa shape index (κ1) is 15.4. The minimum atomic E-state index is -4.38. The van der Waals surface area contributed by atoms with Gasteiger partial charge in [-0.15, -0.1) is 0 Å². The highest BCUT2D eigenvalue weighted by Gasteiger charge is 2.27. The summed E-state index contributed by atoms with van der Waals surface area (Å²) in [5.41, 5.74) is 0.233. The van der Waals surface area contributed by atoms with E-state index in [1.54, 1.807) is 6.07 Å². The second-order valence-electron chi connectivity index (χ2n) is 3.79. The smallest absolute Gasteiger partial charge is 0.370 e. The maximum atomic E-state index is 13.2. The second-order valence-corrected chi connectivity index (χ2v) is 3.79. The van der Waals surface area contributed by atoms with Crippen LogP contribution in [0.15, 0.2) is 24.3 Å². The van der Waals surface area contributed by atoms with Gasteiger partial charge < -0.3 is 10.1 Å². The Hall–Kier alpha value is -1.63. The Morgan fingerprint density at radius 1 is 1.26 bits per heavy atom. The normalized spacial score (nSPS) is 11.4. The molecule has 1 amide bonds. The number of ether oxygens (including phenoxy) is 1. The summed E-state index contributed by atoms with van der Waals surface area (Å²) in [5, 5.41) is 2.35. The third kappa shape index (κ3) is 6.76. The summed E-state index contributed by atoms with van der Waals surface area (Å²) in [6, 6.07) is 5.80. The molecule has 19 heavy (non-hydrogen) atoms. The maximum Gasteiger partial charge on any atom is 0.411 e. The van der Waals surface area contributed by atoms with Crippen molar-refractivity contribution in [2.24, 2.45) is 0 Å². The van der Waals surface area contributed by atoms with Gasteiger partial charge in [-0.25, -0.2) is 4.39 Å². The Labute approximate surface area is 107 Å². The standard InChI is InChI=1S/C12H13F4NO2/c13-10-4-2-1-3-9(10)7-11(18)17-5-6-19-8-12(14,15)16/h1-4H,5-8H2,(H,17,18). The molecule has 0 spiro atoms. The average molecular weight is 279 g/mol. The Balaban J connectivity index is 2.20. The molecule has 0 fully saturated rings. The summed E-state index contributed by atoms with van der Waals surface area (Å²) in [7, 11) is 0. The first-order valence-electron chi connectivity index (χ1n) is 5.53. The molecule has 3 nitrogen and oxygen atoms in total. The lowest BCUT2D eigenvalue weighted by Gasteiger charge is -2.08. The molecular weight excluding hydrogens is 266 g/mol.